The molecule has 0 atom stereocenters. The third-order valence-corrected chi connectivity index (χ3v) is 1.70. The molecule has 0 amide bonds. The molecule has 0 bridgehead atoms. The van der Waals surface area contributed by atoms with Gasteiger partial charge in [0.1, 0.15) is 0 Å². The quantitative estimate of drug-likeness (QED) is 0.207. The van der Waals surface area contributed by atoms with Gasteiger partial charge < -0.3 is 9.90 Å². The van der Waals surface area contributed by atoms with E-state index in [0.717, 1.165) is 5.37 Å². The van der Waals surface area contributed by atoms with Crippen molar-refractivity contribution in [2.24, 2.45) is 0 Å². The molecule has 0 saturated carbocycles. The Balaban J connectivity index is 0. The van der Waals surface area contributed by atoms with Gasteiger partial charge in [-0.3, -0.25) is 0 Å². The van der Waals surface area contributed by atoms with E-state index in [1.165, 1.54) is 13.0 Å². The predicted molar refractivity (Wildman–Crippen MR) is 43.0 cm³/mol. The molecule has 0 aromatic heterocycles. The summed E-state index contributed by atoms with van der Waals surface area (Å²) in [6, 6.07) is 0. The smallest absolute Gasteiger partial charge is 0.545 e. The average Bonchev–Trinajstić information content (AvgIpc) is 1.97. The molecule has 0 N–H and O–H groups in total. The summed E-state index contributed by atoms with van der Waals surface area (Å²) < 4.78 is 19.9. The average molecular weight is 212 g/mol. The maximum absolute atomic E-state index is 10.1. The number of carboxylic acid groups (broad SMARTS) is 1. The molecule has 0 aromatic carbocycles. The standard InChI is InChI=1S/C7H10O4S.Na/c1-6(7(8)9)4-2-3-5-12(10)11;/h4-5H,2-3H2,1H3,(H,8,9);/q;+1/p-1. The van der Waals surface area contributed by atoms with Crippen molar-refractivity contribution in [3.63, 3.8) is 0 Å². The van der Waals surface area contributed by atoms with Crippen molar-refractivity contribution in [3.8, 4) is 0 Å². The van der Waals surface area contributed by atoms with Crippen LogP contribution in [0.25, 0.3) is 0 Å². The Labute approximate surface area is 100 Å². The van der Waals surface area contributed by atoms with Crippen LogP contribution in [0.4, 0.5) is 0 Å². The van der Waals surface area contributed by atoms with Crippen molar-refractivity contribution in [2.45, 2.75) is 19.8 Å². The molecule has 6 heteroatoms. The fourth-order valence-electron chi connectivity index (χ4n) is 0.547. The van der Waals surface area contributed by atoms with Gasteiger partial charge >= 0.3 is 29.6 Å². The molecule has 0 heterocycles. The largest absolute Gasteiger partial charge is 1.00 e. The predicted octanol–water partition coefficient (Wildman–Crippen LogP) is -3.85. The van der Waals surface area contributed by atoms with E-state index < -0.39 is 16.3 Å². The molecule has 0 fully saturated rings. The summed E-state index contributed by atoms with van der Waals surface area (Å²) in [5.74, 6) is -1.22. The summed E-state index contributed by atoms with van der Waals surface area (Å²) in [6.07, 6.45) is 2.15. The summed E-state index contributed by atoms with van der Waals surface area (Å²) in [5, 5.41) is 11.2. The van der Waals surface area contributed by atoms with Gasteiger partial charge in [0.2, 0.25) is 10.3 Å². The second-order valence-corrected chi connectivity index (χ2v) is 3.03. The zero-order valence-corrected chi connectivity index (χ0v) is 10.4. The molecule has 0 aliphatic carbocycles. The minimum atomic E-state index is -2.16. The number of hydrogen-bond donors (Lipinski definition) is 0. The topological polar surface area (TPSA) is 74.3 Å². The van der Waals surface area contributed by atoms with Crippen LogP contribution in [0.3, 0.4) is 0 Å². The van der Waals surface area contributed by atoms with Gasteiger partial charge in [0.25, 0.3) is 0 Å². The number of hydrogen-bond acceptors (Lipinski definition) is 4. The van der Waals surface area contributed by atoms with E-state index in [4.69, 9.17) is 0 Å². The summed E-state index contributed by atoms with van der Waals surface area (Å²) in [6.45, 7) is 1.41. The number of aliphatic carboxylic acids is 1. The minimum Gasteiger partial charge on any atom is -0.545 e. The second-order valence-electron chi connectivity index (χ2n) is 2.18. The zero-order valence-electron chi connectivity index (χ0n) is 7.61. The Hall–Kier alpha value is -0.100. The summed E-state index contributed by atoms with van der Waals surface area (Å²) in [7, 11) is -2.16. The van der Waals surface area contributed by atoms with Crippen LogP contribution < -0.4 is 34.7 Å². The van der Waals surface area contributed by atoms with Gasteiger partial charge in [-0.2, -0.15) is 8.42 Å². The second kappa shape index (κ2) is 8.50. The van der Waals surface area contributed by atoms with Crippen molar-refractivity contribution in [1.82, 2.24) is 0 Å². The molecular formula is C7H9NaO4S. The van der Waals surface area contributed by atoms with E-state index in [1.54, 1.807) is 0 Å². The Kier molecular flexibility index (Phi) is 10.0. The van der Waals surface area contributed by atoms with Crippen LogP contribution in [-0.4, -0.2) is 19.8 Å². The van der Waals surface area contributed by atoms with Crippen molar-refractivity contribution >= 4 is 21.6 Å². The summed E-state index contributed by atoms with van der Waals surface area (Å²) >= 11 is 0. The van der Waals surface area contributed by atoms with Crippen LogP contribution in [0.1, 0.15) is 19.8 Å². The van der Waals surface area contributed by atoms with Crippen LogP contribution in [-0.2, 0) is 15.1 Å². The molecule has 4 nitrogen and oxygen atoms in total. The monoisotopic (exact) mass is 212 g/mol. The van der Waals surface area contributed by atoms with Gasteiger partial charge in [0.15, 0.2) is 0 Å². The van der Waals surface area contributed by atoms with E-state index >= 15 is 0 Å². The summed E-state index contributed by atoms with van der Waals surface area (Å²) in [5.41, 5.74) is 0.125. The third kappa shape index (κ3) is 9.82. The van der Waals surface area contributed by atoms with Crippen LogP contribution in [0.2, 0.25) is 0 Å². The Morgan fingerprint density at radius 1 is 1.38 bits per heavy atom. The van der Waals surface area contributed by atoms with E-state index in [2.05, 4.69) is 0 Å². The number of carbonyl (C=O) groups excluding carboxylic acids is 1. The molecular weight excluding hydrogens is 203 g/mol. The SMILES string of the molecule is CC(=CCCC=S(=O)=O)C(=O)[O-].[Na+]. The molecule has 0 aliphatic heterocycles. The third-order valence-electron chi connectivity index (χ3n) is 1.19. The first-order valence-electron chi connectivity index (χ1n) is 3.33. The molecule has 0 unspecified atom stereocenters. The first-order chi connectivity index (χ1) is 5.54. The van der Waals surface area contributed by atoms with Crippen LogP contribution in [0.15, 0.2) is 11.6 Å². The van der Waals surface area contributed by atoms with E-state index in [1.807, 2.05) is 0 Å². The molecule has 0 aliphatic rings. The first-order valence-corrected chi connectivity index (χ1v) is 4.47. The molecule has 0 aromatic rings. The molecule has 0 rings (SSSR count). The zero-order chi connectivity index (χ0) is 9.56. The Bertz CT molecular complexity index is 307. The fraction of sp³-hybridized carbons (Fsp3) is 0.429. The van der Waals surface area contributed by atoms with Crippen molar-refractivity contribution in [1.29, 1.82) is 0 Å². The van der Waals surface area contributed by atoms with Gasteiger partial charge in [0, 0.05) is 5.37 Å². The normalized spacial score (nSPS) is 10.1. The van der Waals surface area contributed by atoms with Crippen LogP contribution >= 0.6 is 0 Å². The molecule has 0 spiro atoms. The molecule has 0 saturated heterocycles. The van der Waals surface area contributed by atoms with Gasteiger partial charge in [-0.1, -0.05) is 6.08 Å². The van der Waals surface area contributed by atoms with E-state index in [9.17, 15) is 18.3 Å². The number of allylic oxidation sites excluding steroid dienone is 1. The maximum Gasteiger partial charge on any atom is 1.00 e. The van der Waals surface area contributed by atoms with Crippen molar-refractivity contribution < 1.29 is 47.9 Å². The fourth-order valence-corrected chi connectivity index (χ4v) is 0.876. The maximum atomic E-state index is 10.1. The van der Waals surface area contributed by atoms with E-state index in [-0.39, 0.29) is 35.1 Å². The minimum absolute atomic E-state index is 0. The molecule has 0 radical (unpaired) electrons. The number of carboxylic acids is 1. The first kappa shape index (κ1) is 15.4. The van der Waals surface area contributed by atoms with Gasteiger partial charge in [-0.05, 0) is 25.3 Å². The van der Waals surface area contributed by atoms with Gasteiger partial charge in [-0.25, -0.2) is 0 Å². The van der Waals surface area contributed by atoms with Crippen LogP contribution in [0, 0.1) is 0 Å². The van der Waals surface area contributed by atoms with Crippen molar-refractivity contribution in [3.05, 3.63) is 11.6 Å². The van der Waals surface area contributed by atoms with Crippen LogP contribution in [0.5, 0.6) is 0 Å². The number of carbonyl (C=O) groups is 1. The van der Waals surface area contributed by atoms with E-state index in [0.29, 0.717) is 12.8 Å². The van der Waals surface area contributed by atoms with Gasteiger partial charge in [0.05, 0.1) is 5.97 Å². The number of unbranched alkanes of at least 4 members (excludes halogenated alkanes) is 1. The number of rotatable bonds is 4. The Morgan fingerprint density at radius 3 is 2.31 bits per heavy atom. The molecule has 13 heavy (non-hydrogen) atoms. The summed E-state index contributed by atoms with van der Waals surface area (Å²) in [4.78, 5) is 10.1. The Morgan fingerprint density at radius 2 is 1.92 bits per heavy atom. The molecule has 68 valence electrons. The van der Waals surface area contributed by atoms with Gasteiger partial charge in [-0.15, -0.1) is 0 Å². The van der Waals surface area contributed by atoms with Crippen molar-refractivity contribution in [2.75, 3.05) is 0 Å².